The van der Waals surface area contributed by atoms with Gasteiger partial charge in [-0.3, -0.25) is 4.79 Å². The number of pyridine rings is 1. The van der Waals surface area contributed by atoms with Crippen LogP contribution in [0.4, 0.5) is 5.69 Å². The Hall–Kier alpha value is -1.92. The highest BCUT2D eigenvalue weighted by Gasteiger charge is 2.17. The Labute approximate surface area is 200 Å². The van der Waals surface area contributed by atoms with Crippen LogP contribution in [-0.4, -0.2) is 10.9 Å². The molecule has 0 saturated carbocycles. The number of aromatic nitrogens is 1. The predicted molar refractivity (Wildman–Crippen MR) is 132 cm³/mol. The minimum atomic E-state index is -0.242. The normalized spacial score (nSPS) is 11.0. The van der Waals surface area contributed by atoms with E-state index >= 15 is 0 Å². The number of nitrogens with one attached hydrogen (secondary N) is 1. The summed E-state index contributed by atoms with van der Waals surface area (Å²) in [5.74, 6) is -0.242. The van der Waals surface area contributed by atoms with E-state index in [0.717, 1.165) is 31.0 Å². The van der Waals surface area contributed by atoms with Crippen molar-refractivity contribution in [2.24, 2.45) is 0 Å². The Balaban J connectivity index is 1.86. The average Bonchev–Trinajstić information content (AvgIpc) is 2.70. The lowest BCUT2D eigenvalue weighted by molar-refractivity contribution is 0.102. The molecule has 30 heavy (non-hydrogen) atoms. The summed E-state index contributed by atoms with van der Waals surface area (Å²) in [4.78, 5) is 18.1. The molecular formula is C23H14Br2Cl2N2O. The minimum absolute atomic E-state index is 0.242. The van der Waals surface area contributed by atoms with Gasteiger partial charge >= 0.3 is 0 Å². The van der Waals surface area contributed by atoms with Gasteiger partial charge in [-0.25, -0.2) is 4.98 Å². The number of nitrogens with zero attached hydrogens (tertiary/aromatic N) is 1. The van der Waals surface area contributed by atoms with Gasteiger partial charge in [0.15, 0.2) is 0 Å². The van der Waals surface area contributed by atoms with E-state index in [1.54, 1.807) is 36.4 Å². The molecule has 0 aliphatic rings. The van der Waals surface area contributed by atoms with Crippen molar-refractivity contribution >= 4 is 77.6 Å². The van der Waals surface area contributed by atoms with Crippen molar-refractivity contribution in [3.8, 4) is 11.3 Å². The maximum atomic E-state index is 13.3. The summed E-state index contributed by atoms with van der Waals surface area (Å²) in [6.45, 7) is 1.97. The van der Waals surface area contributed by atoms with Crippen molar-refractivity contribution in [3.05, 3.63) is 90.8 Å². The summed E-state index contributed by atoms with van der Waals surface area (Å²) in [6.07, 6.45) is 0. The zero-order valence-electron chi connectivity index (χ0n) is 15.6. The molecule has 0 aliphatic carbocycles. The number of carbonyl (C=O) groups is 1. The van der Waals surface area contributed by atoms with Crippen molar-refractivity contribution < 1.29 is 4.79 Å². The fraction of sp³-hybridized carbons (Fsp3) is 0.0435. The summed E-state index contributed by atoms with van der Waals surface area (Å²) >= 11 is 19.1. The fourth-order valence-corrected chi connectivity index (χ4v) is 4.31. The Morgan fingerprint density at radius 3 is 2.40 bits per heavy atom. The predicted octanol–water partition coefficient (Wildman–Crippen LogP) is 8.29. The highest BCUT2D eigenvalue weighted by molar-refractivity contribution is 9.10. The number of hydrogen-bond donors (Lipinski definition) is 1. The number of rotatable bonds is 3. The number of hydrogen-bond acceptors (Lipinski definition) is 2. The van der Waals surface area contributed by atoms with Crippen LogP contribution in [0.3, 0.4) is 0 Å². The third-order valence-corrected chi connectivity index (χ3v) is 6.57. The van der Waals surface area contributed by atoms with E-state index in [1.807, 2.05) is 31.2 Å². The van der Waals surface area contributed by atoms with Crippen LogP contribution < -0.4 is 5.32 Å². The smallest absolute Gasteiger partial charge is 0.256 e. The zero-order valence-corrected chi connectivity index (χ0v) is 20.3. The maximum absolute atomic E-state index is 13.3. The summed E-state index contributed by atoms with van der Waals surface area (Å²) < 4.78 is 1.65. The van der Waals surface area contributed by atoms with Gasteiger partial charge in [0.1, 0.15) is 0 Å². The number of aryl methyl sites for hydroxylation is 1. The summed E-state index contributed by atoms with van der Waals surface area (Å²) in [5, 5.41) is 4.87. The maximum Gasteiger partial charge on any atom is 0.256 e. The molecule has 4 rings (SSSR count). The largest absolute Gasteiger partial charge is 0.322 e. The number of anilines is 1. The van der Waals surface area contributed by atoms with E-state index in [-0.39, 0.29) is 5.91 Å². The van der Waals surface area contributed by atoms with E-state index in [4.69, 9.17) is 28.2 Å². The Morgan fingerprint density at radius 2 is 1.70 bits per heavy atom. The lowest BCUT2D eigenvalue weighted by atomic mass is 10.0. The van der Waals surface area contributed by atoms with Crippen molar-refractivity contribution in [1.29, 1.82) is 0 Å². The molecule has 150 valence electrons. The van der Waals surface area contributed by atoms with Gasteiger partial charge in [-0.15, -0.1) is 0 Å². The first-order chi connectivity index (χ1) is 14.3. The number of amides is 1. The average molecular weight is 565 g/mol. The minimum Gasteiger partial charge on any atom is -0.322 e. The first-order valence-corrected chi connectivity index (χ1v) is 11.3. The van der Waals surface area contributed by atoms with Crippen molar-refractivity contribution in [2.75, 3.05) is 5.32 Å². The lowest BCUT2D eigenvalue weighted by Crippen LogP contribution is -2.13. The van der Waals surface area contributed by atoms with Crippen LogP contribution in [0.5, 0.6) is 0 Å². The highest BCUT2D eigenvalue weighted by Crippen LogP contribution is 2.31. The van der Waals surface area contributed by atoms with Crippen LogP contribution in [0.2, 0.25) is 10.0 Å². The molecule has 1 amide bonds. The number of benzene rings is 3. The molecule has 1 aromatic heterocycles. The van der Waals surface area contributed by atoms with Gasteiger partial charge in [0, 0.05) is 30.6 Å². The summed E-state index contributed by atoms with van der Waals surface area (Å²) in [6, 6.07) is 18.4. The zero-order chi connectivity index (χ0) is 21.4. The Kier molecular flexibility index (Phi) is 6.16. The standard InChI is InChI=1S/C23H14Br2Cl2N2O/c1-12-8-14(24)9-17-18(23(30)28-16-6-7-19(25)20(27)10-16)11-21(29-22(12)17)13-2-4-15(26)5-3-13/h2-11H,1H3,(H,28,30). The first-order valence-electron chi connectivity index (χ1n) is 8.95. The lowest BCUT2D eigenvalue weighted by Gasteiger charge is -2.13. The SMILES string of the molecule is Cc1cc(Br)cc2c(C(=O)Nc3ccc(Br)c(Cl)c3)cc(-c3ccc(Cl)cc3)nc12. The van der Waals surface area contributed by atoms with Crippen LogP contribution in [0.15, 0.2) is 69.6 Å². The Bertz CT molecular complexity index is 1290. The molecule has 1 N–H and O–H groups in total. The molecule has 0 saturated heterocycles. The molecule has 0 spiro atoms. The molecule has 0 atom stereocenters. The van der Waals surface area contributed by atoms with Gasteiger partial charge in [0.05, 0.1) is 21.8 Å². The molecule has 0 radical (unpaired) electrons. The van der Waals surface area contributed by atoms with E-state index in [9.17, 15) is 4.79 Å². The van der Waals surface area contributed by atoms with Gasteiger partial charge in [-0.05, 0) is 76.9 Å². The molecule has 3 aromatic carbocycles. The molecule has 1 heterocycles. The van der Waals surface area contributed by atoms with Gasteiger partial charge < -0.3 is 5.32 Å². The number of carbonyl (C=O) groups excluding carboxylic acids is 1. The highest BCUT2D eigenvalue weighted by atomic mass is 79.9. The second kappa shape index (κ2) is 8.67. The molecule has 0 unspecified atom stereocenters. The van der Waals surface area contributed by atoms with Gasteiger partial charge in [-0.1, -0.05) is 51.3 Å². The Morgan fingerprint density at radius 1 is 0.967 bits per heavy atom. The van der Waals surface area contributed by atoms with E-state index in [1.165, 1.54) is 0 Å². The molecule has 0 fully saturated rings. The topological polar surface area (TPSA) is 42.0 Å². The van der Waals surface area contributed by atoms with Crippen LogP contribution in [0.1, 0.15) is 15.9 Å². The van der Waals surface area contributed by atoms with Crippen LogP contribution in [0.25, 0.3) is 22.2 Å². The van der Waals surface area contributed by atoms with Crippen molar-refractivity contribution in [3.63, 3.8) is 0 Å². The van der Waals surface area contributed by atoms with Crippen molar-refractivity contribution in [2.45, 2.75) is 6.92 Å². The molecule has 3 nitrogen and oxygen atoms in total. The molecule has 4 aromatic rings. The quantitative estimate of drug-likeness (QED) is 0.272. The monoisotopic (exact) mass is 562 g/mol. The van der Waals surface area contributed by atoms with E-state index in [2.05, 4.69) is 37.2 Å². The number of halogens is 4. The third kappa shape index (κ3) is 4.40. The second-order valence-electron chi connectivity index (χ2n) is 6.76. The molecule has 7 heteroatoms. The summed E-state index contributed by atoms with van der Waals surface area (Å²) in [7, 11) is 0. The van der Waals surface area contributed by atoms with E-state index < -0.39 is 0 Å². The van der Waals surface area contributed by atoms with Gasteiger partial charge in [0.2, 0.25) is 0 Å². The van der Waals surface area contributed by atoms with Gasteiger partial charge in [-0.2, -0.15) is 0 Å². The molecular weight excluding hydrogens is 551 g/mol. The van der Waals surface area contributed by atoms with Gasteiger partial charge in [0.25, 0.3) is 5.91 Å². The first kappa shape index (κ1) is 21.3. The molecule has 0 bridgehead atoms. The molecule has 0 aliphatic heterocycles. The fourth-order valence-electron chi connectivity index (χ4n) is 3.19. The van der Waals surface area contributed by atoms with Crippen LogP contribution >= 0.6 is 55.1 Å². The summed E-state index contributed by atoms with van der Waals surface area (Å²) in [5.41, 5.74) is 4.44. The number of fused-ring (bicyclic) bond motifs is 1. The van der Waals surface area contributed by atoms with E-state index in [0.29, 0.717) is 27.0 Å². The van der Waals surface area contributed by atoms with Crippen LogP contribution in [-0.2, 0) is 0 Å². The third-order valence-electron chi connectivity index (χ3n) is 4.63. The van der Waals surface area contributed by atoms with Crippen molar-refractivity contribution in [1.82, 2.24) is 4.98 Å². The second-order valence-corrected chi connectivity index (χ2v) is 9.38. The van der Waals surface area contributed by atoms with Crippen LogP contribution in [0, 0.1) is 6.92 Å².